The Morgan fingerprint density at radius 3 is 2.50 bits per heavy atom. The van der Waals surface area contributed by atoms with Gasteiger partial charge >= 0.3 is 0 Å². The minimum Gasteiger partial charge on any atom is -0.497 e. The molecule has 22 heavy (non-hydrogen) atoms. The molecule has 0 aliphatic carbocycles. The average Bonchev–Trinajstić information content (AvgIpc) is 2.95. The van der Waals surface area contributed by atoms with Gasteiger partial charge in [-0.1, -0.05) is 5.16 Å². The van der Waals surface area contributed by atoms with Gasteiger partial charge in [0.1, 0.15) is 5.75 Å². The Morgan fingerprint density at radius 1 is 1.18 bits per heavy atom. The lowest BCUT2D eigenvalue weighted by Crippen LogP contribution is -2.44. The van der Waals surface area contributed by atoms with Crippen molar-refractivity contribution in [2.75, 3.05) is 20.2 Å². The summed E-state index contributed by atoms with van der Waals surface area (Å²) in [6.45, 7) is 6.58. The number of benzene rings is 1. The van der Waals surface area contributed by atoms with Gasteiger partial charge in [-0.15, -0.1) is 0 Å². The molecule has 1 aliphatic rings. The fourth-order valence-electron chi connectivity index (χ4n) is 2.78. The molecule has 0 radical (unpaired) electrons. The molecular weight excluding hydrogens is 282 g/mol. The number of methoxy groups -OCH3 is 1. The summed E-state index contributed by atoms with van der Waals surface area (Å²) in [6.07, 6.45) is 0.459. The molecular formula is C16H21N3O3. The molecule has 6 nitrogen and oxygen atoms in total. The van der Waals surface area contributed by atoms with Crippen molar-refractivity contribution < 1.29 is 14.0 Å². The van der Waals surface area contributed by atoms with E-state index in [2.05, 4.69) is 28.9 Å². The maximum atomic E-state index is 5.73. The van der Waals surface area contributed by atoms with Gasteiger partial charge in [0.05, 0.1) is 25.9 Å². The van der Waals surface area contributed by atoms with Crippen LogP contribution in [-0.2, 0) is 11.3 Å². The van der Waals surface area contributed by atoms with Gasteiger partial charge in [0.25, 0.3) is 0 Å². The first kappa shape index (κ1) is 15.0. The monoisotopic (exact) mass is 303 g/mol. The Hall–Kier alpha value is -1.92. The molecule has 0 N–H and O–H groups in total. The van der Waals surface area contributed by atoms with Crippen LogP contribution < -0.4 is 4.74 Å². The highest BCUT2D eigenvalue weighted by molar-refractivity contribution is 5.55. The molecule has 1 aromatic heterocycles. The van der Waals surface area contributed by atoms with Gasteiger partial charge in [-0.05, 0) is 38.1 Å². The molecule has 6 heteroatoms. The molecule has 2 heterocycles. The van der Waals surface area contributed by atoms with Crippen LogP contribution in [0.4, 0.5) is 0 Å². The largest absolute Gasteiger partial charge is 0.497 e. The van der Waals surface area contributed by atoms with E-state index in [0.717, 1.165) is 24.4 Å². The molecule has 1 fully saturated rings. The Kier molecular flexibility index (Phi) is 4.40. The van der Waals surface area contributed by atoms with E-state index in [1.807, 2.05) is 24.3 Å². The van der Waals surface area contributed by atoms with Gasteiger partial charge in [0, 0.05) is 18.7 Å². The quantitative estimate of drug-likeness (QED) is 0.864. The Morgan fingerprint density at radius 2 is 1.86 bits per heavy atom. The van der Waals surface area contributed by atoms with Crippen molar-refractivity contribution in [1.29, 1.82) is 0 Å². The maximum Gasteiger partial charge on any atom is 0.241 e. The van der Waals surface area contributed by atoms with Crippen molar-refractivity contribution in [2.24, 2.45) is 0 Å². The Labute approximate surface area is 130 Å². The standard InChI is InChI=1S/C16H21N3O3/c1-11-8-19(9-12(2)21-11)10-15-17-16(18-22-15)13-4-6-14(20-3)7-5-13/h4-7,11-12H,8-10H2,1-3H3/t11-,12-/m1/s1. The lowest BCUT2D eigenvalue weighted by atomic mass is 10.2. The number of rotatable bonds is 4. The summed E-state index contributed by atoms with van der Waals surface area (Å²) in [7, 11) is 1.64. The smallest absolute Gasteiger partial charge is 0.241 e. The molecule has 0 spiro atoms. The van der Waals surface area contributed by atoms with E-state index in [-0.39, 0.29) is 12.2 Å². The van der Waals surface area contributed by atoms with Crippen molar-refractivity contribution in [3.8, 4) is 17.1 Å². The third-order valence-corrected chi connectivity index (χ3v) is 3.67. The zero-order valence-electron chi connectivity index (χ0n) is 13.2. The van der Waals surface area contributed by atoms with Crippen LogP contribution in [-0.4, -0.2) is 47.4 Å². The molecule has 1 aromatic carbocycles. The molecule has 0 amide bonds. The summed E-state index contributed by atoms with van der Waals surface area (Å²) in [4.78, 5) is 6.76. The normalized spacial score (nSPS) is 22.7. The van der Waals surface area contributed by atoms with Gasteiger partial charge < -0.3 is 14.0 Å². The van der Waals surface area contributed by atoms with Gasteiger partial charge in [-0.3, -0.25) is 4.90 Å². The first-order valence-corrected chi connectivity index (χ1v) is 7.49. The number of aromatic nitrogens is 2. The second kappa shape index (κ2) is 6.46. The van der Waals surface area contributed by atoms with E-state index < -0.39 is 0 Å². The van der Waals surface area contributed by atoms with Crippen LogP contribution in [0.1, 0.15) is 19.7 Å². The van der Waals surface area contributed by atoms with Crippen molar-refractivity contribution in [1.82, 2.24) is 15.0 Å². The first-order chi connectivity index (χ1) is 10.6. The first-order valence-electron chi connectivity index (χ1n) is 7.49. The molecule has 0 saturated carbocycles. The summed E-state index contributed by atoms with van der Waals surface area (Å²) >= 11 is 0. The lowest BCUT2D eigenvalue weighted by Gasteiger charge is -2.34. The second-order valence-electron chi connectivity index (χ2n) is 5.69. The van der Waals surface area contributed by atoms with Crippen molar-refractivity contribution in [3.05, 3.63) is 30.2 Å². The lowest BCUT2D eigenvalue weighted by molar-refractivity contribution is -0.0725. The zero-order valence-corrected chi connectivity index (χ0v) is 13.2. The molecule has 3 rings (SSSR count). The van der Waals surface area contributed by atoms with Crippen molar-refractivity contribution in [2.45, 2.75) is 32.6 Å². The average molecular weight is 303 g/mol. The van der Waals surface area contributed by atoms with E-state index in [1.54, 1.807) is 7.11 Å². The molecule has 118 valence electrons. The predicted molar refractivity (Wildman–Crippen MR) is 81.6 cm³/mol. The Balaban J connectivity index is 1.68. The number of morpholine rings is 1. The Bertz CT molecular complexity index is 601. The van der Waals surface area contributed by atoms with Gasteiger partial charge in [0.2, 0.25) is 11.7 Å². The van der Waals surface area contributed by atoms with Crippen LogP contribution in [0.5, 0.6) is 5.75 Å². The van der Waals surface area contributed by atoms with Crippen LogP contribution in [0.3, 0.4) is 0 Å². The molecule has 1 saturated heterocycles. The SMILES string of the molecule is COc1ccc(-c2noc(CN3C[C@@H](C)O[C@H](C)C3)n2)cc1. The van der Waals surface area contributed by atoms with E-state index in [0.29, 0.717) is 18.3 Å². The van der Waals surface area contributed by atoms with E-state index in [1.165, 1.54) is 0 Å². The highest BCUT2D eigenvalue weighted by Gasteiger charge is 2.23. The highest BCUT2D eigenvalue weighted by Crippen LogP contribution is 2.20. The minimum absolute atomic E-state index is 0.229. The summed E-state index contributed by atoms with van der Waals surface area (Å²) in [5, 5.41) is 4.06. The van der Waals surface area contributed by atoms with E-state index in [9.17, 15) is 0 Å². The fourth-order valence-corrected chi connectivity index (χ4v) is 2.78. The van der Waals surface area contributed by atoms with Gasteiger partial charge in [0.15, 0.2) is 0 Å². The third kappa shape index (κ3) is 3.45. The molecule has 1 aliphatic heterocycles. The number of hydrogen-bond donors (Lipinski definition) is 0. The second-order valence-corrected chi connectivity index (χ2v) is 5.69. The molecule has 0 bridgehead atoms. The fraction of sp³-hybridized carbons (Fsp3) is 0.500. The van der Waals surface area contributed by atoms with E-state index >= 15 is 0 Å². The summed E-state index contributed by atoms with van der Waals surface area (Å²) < 4.78 is 16.3. The number of ether oxygens (including phenoxy) is 2. The molecule has 0 unspecified atom stereocenters. The molecule has 2 atom stereocenters. The minimum atomic E-state index is 0.229. The predicted octanol–water partition coefficient (Wildman–Crippen LogP) is 2.35. The maximum absolute atomic E-state index is 5.73. The topological polar surface area (TPSA) is 60.6 Å². The van der Waals surface area contributed by atoms with Crippen LogP contribution in [0.25, 0.3) is 11.4 Å². The van der Waals surface area contributed by atoms with Gasteiger partial charge in [-0.25, -0.2) is 0 Å². The van der Waals surface area contributed by atoms with Gasteiger partial charge in [-0.2, -0.15) is 4.98 Å². The van der Waals surface area contributed by atoms with Crippen molar-refractivity contribution in [3.63, 3.8) is 0 Å². The zero-order chi connectivity index (χ0) is 15.5. The van der Waals surface area contributed by atoms with Crippen LogP contribution in [0.2, 0.25) is 0 Å². The number of hydrogen-bond acceptors (Lipinski definition) is 6. The van der Waals surface area contributed by atoms with Crippen molar-refractivity contribution >= 4 is 0 Å². The summed E-state index contributed by atoms with van der Waals surface area (Å²) in [6, 6.07) is 7.62. The van der Waals surface area contributed by atoms with Crippen LogP contribution >= 0.6 is 0 Å². The third-order valence-electron chi connectivity index (χ3n) is 3.67. The van der Waals surface area contributed by atoms with E-state index in [4.69, 9.17) is 14.0 Å². The highest BCUT2D eigenvalue weighted by atomic mass is 16.5. The van der Waals surface area contributed by atoms with Crippen LogP contribution in [0, 0.1) is 0 Å². The summed E-state index contributed by atoms with van der Waals surface area (Å²) in [5.74, 6) is 2.04. The summed E-state index contributed by atoms with van der Waals surface area (Å²) in [5.41, 5.74) is 0.916. The number of nitrogens with zero attached hydrogens (tertiary/aromatic N) is 3. The molecule has 2 aromatic rings. The van der Waals surface area contributed by atoms with Crippen LogP contribution in [0.15, 0.2) is 28.8 Å².